The molecule has 0 saturated carbocycles. The first-order valence-corrected chi connectivity index (χ1v) is 8.55. The summed E-state index contributed by atoms with van der Waals surface area (Å²) in [5.41, 5.74) is 3.94. The molecule has 3 aromatic heterocycles. The van der Waals surface area contributed by atoms with E-state index >= 15 is 0 Å². The maximum absolute atomic E-state index is 4.86. The van der Waals surface area contributed by atoms with Crippen LogP contribution in [0.1, 0.15) is 30.1 Å². The van der Waals surface area contributed by atoms with Crippen molar-refractivity contribution in [2.45, 2.75) is 25.3 Å². The molecule has 0 unspecified atom stereocenters. The van der Waals surface area contributed by atoms with Crippen molar-refractivity contribution in [1.29, 1.82) is 0 Å². The molecule has 1 fully saturated rings. The molecule has 0 N–H and O–H groups in total. The van der Waals surface area contributed by atoms with Gasteiger partial charge in [0.25, 0.3) is 0 Å². The number of rotatable bonds is 4. The summed E-state index contributed by atoms with van der Waals surface area (Å²) in [5.74, 6) is 0.395. The third kappa shape index (κ3) is 3.56. The van der Waals surface area contributed by atoms with E-state index < -0.39 is 0 Å². The Kier molecular flexibility index (Phi) is 4.47. The molecule has 0 radical (unpaired) electrons. The summed E-state index contributed by atoms with van der Waals surface area (Å²) in [6, 6.07) is 0. The van der Waals surface area contributed by atoms with E-state index in [1.807, 2.05) is 30.2 Å². The number of aromatic nitrogens is 6. The number of hydrogen-bond acceptors (Lipinski definition) is 6. The standard InChI is InChI=1S/C18H21N7/c1-24-13-21-10-18(24)17-9-20-8-16(23-17)14-3-2-6-25(11-14)12-15-7-19-4-5-22-15/h4-5,7-10,13-14H,2-3,6,11-12H2,1H3/t14-/m0/s1. The van der Waals surface area contributed by atoms with Gasteiger partial charge in [0.15, 0.2) is 0 Å². The monoisotopic (exact) mass is 335 g/mol. The molecule has 1 atom stereocenters. The SMILES string of the molecule is Cn1cncc1-c1cncc([C@H]2CCCN(Cc3cnccn3)C2)n1. The average Bonchev–Trinajstić information content (AvgIpc) is 3.09. The molecule has 0 aromatic carbocycles. The molecule has 4 heterocycles. The fraction of sp³-hybridized carbons (Fsp3) is 0.389. The van der Waals surface area contributed by atoms with E-state index in [0.29, 0.717) is 5.92 Å². The lowest BCUT2D eigenvalue weighted by Gasteiger charge is -2.32. The van der Waals surface area contributed by atoms with Crippen molar-refractivity contribution in [1.82, 2.24) is 34.4 Å². The molecule has 3 aromatic rings. The molecule has 7 heteroatoms. The average molecular weight is 335 g/mol. The second-order valence-corrected chi connectivity index (χ2v) is 6.49. The van der Waals surface area contributed by atoms with Gasteiger partial charge in [-0.25, -0.2) is 9.97 Å². The van der Waals surface area contributed by atoms with Gasteiger partial charge in [0, 0.05) is 50.8 Å². The number of piperidine rings is 1. The first kappa shape index (κ1) is 15.8. The predicted molar refractivity (Wildman–Crippen MR) is 93.5 cm³/mol. The zero-order chi connectivity index (χ0) is 17.1. The van der Waals surface area contributed by atoms with E-state index in [1.165, 1.54) is 0 Å². The van der Waals surface area contributed by atoms with Gasteiger partial charge in [-0.15, -0.1) is 0 Å². The first-order valence-electron chi connectivity index (χ1n) is 8.55. The molecule has 1 saturated heterocycles. The Morgan fingerprint density at radius 3 is 2.84 bits per heavy atom. The predicted octanol–water partition coefficient (Wildman–Crippen LogP) is 2.05. The van der Waals surface area contributed by atoms with Crippen LogP contribution in [0.3, 0.4) is 0 Å². The number of imidazole rings is 1. The fourth-order valence-electron chi connectivity index (χ4n) is 3.39. The van der Waals surface area contributed by atoms with Crippen molar-refractivity contribution in [2.75, 3.05) is 13.1 Å². The van der Waals surface area contributed by atoms with Crippen molar-refractivity contribution < 1.29 is 0 Å². The molecular weight excluding hydrogens is 314 g/mol. The van der Waals surface area contributed by atoms with E-state index in [9.17, 15) is 0 Å². The molecule has 1 aliphatic heterocycles. The van der Waals surface area contributed by atoms with Crippen LogP contribution in [0.25, 0.3) is 11.4 Å². The second kappa shape index (κ2) is 7.06. The molecular formula is C18H21N7. The van der Waals surface area contributed by atoms with E-state index in [1.54, 1.807) is 24.9 Å². The molecule has 0 spiro atoms. The minimum absolute atomic E-state index is 0.395. The minimum Gasteiger partial charge on any atom is -0.332 e. The van der Waals surface area contributed by atoms with Crippen LogP contribution in [-0.4, -0.2) is 47.5 Å². The zero-order valence-electron chi connectivity index (χ0n) is 14.3. The van der Waals surface area contributed by atoms with E-state index in [2.05, 4.69) is 24.8 Å². The highest BCUT2D eigenvalue weighted by Crippen LogP contribution is 2.27. The molecule has 25 heavy (non-hydrogen) atoms. The molecule has 128 valence electrons. The van der Waals surface area contributed by atoms with Crippen LogP contribution in [0.15, 0.2) is 43.5 Å². The molecule has 0 aliphatic carbocycles. The lowest BCUT2D eigenvalue weighted by molar-refractivity contribution is 0.196. The Hall–Kier alpha value is -2.67. The van der Waals surface area contributed by atoms with Crippen LogP contribution in [0, 0.1) is 0 Å². The lowest BCUT2D eigenvalue weighted by atomic mass is 9.95. The van der Waals surface area contributed by atoms with Gasteiger partial charge in [-0.1, -0.05) is 0 Å². The topological polar surface area (TPSA) is 72.6 Å². The summed E-state index contributed by atoms with van der Waals surface area (Å²) in [4.78, 5) is 24.4. The number of aryl methyl sites for hydroxylation is 1. The summed E-state index contributed by atoms with van der Waals surface area (Å²) < 4.78 is 1.97. The highest BCUT2D eigenvalue weighted by molar-refractivity contribution is 5.52. The maximum Gasteiger partial charge on any atom is 0.107 e. The van der Waals surface area contributed by atoms with Crippen LogP contribution in [-0.2, 0) is 13.6 Å². The Bertz CT molecular complexity index is 830. The normalized spacial score (nSPS) is 18.4. The van der Waals surface area contributed by atoms with Crippen LogP contribution < -0.4 is 0 Å². The minimum atomic E-state index is 0.395. The van der Waals surface area contributed by atoms with Gasteiger partial charge in [-0.05, 0) is 19.4 Å². The highest BCUT2D eigenvalue weighted by Gasteiger charge is 2.23. The van der Waals surface area contributed by atoms with Gasteiger partial charge in [0.05, 0.1) is 35.8 Å². The van der Waals surface area contributed by atoms with E-state index in [-0.39, 0.29) is 0 Å². The van der Waals surface area contributed by atoms with Crippen LogP contribution >= 0.6 is 0 Å². The van der Waals surface area contributed by atoms with Crippen LogP contribution in [0.2, 0.25) is 0 Å². The fourth-order valence-corrected chi connectivity index (χ4v) is 3.39. The first-order chi connectivity index (χ1) is 12.3. The Balaban J connectivity index is 1.51. The van der Waals surface area contributed by atoms with Gasteiger partial charge >= 0.3 is 0 Å². The maximum atomic E-state index is 4.86. The number of likely N-dealkylation sites (tertiary alicyclic amines) is 1. The molecule has 0 bridgehead atoms. The van der Waals surface area contributed by atoms with Crippen LogP contribution in [0.4, 0.5) is 0 Å². The van der Waals surface area contributed by atoms with Crippen molar-refractivity contribution in [2.24, 2.45) is 7.05 Å². The summed E-state index contributed by atoms with van der Waals surface area (Å²) >= 11 is 0. The smallest absolute Gasteiger partial charge is 0.107 e. The third-order valence-corrected chi connectivity index (χ3v) is 4.66. The van der Waals surface area contributed by atoms with Crippen molar-refractivity contribution in [3.63, 3.8) is 0 Å². The van der Waals surface area contributed by atoms with Gasteiger partial charge in [0.1, 0.15) is 5.69 Å². The van der Waals surface area contributed by atoms with E-state index in [4.69, 9.17) is 4.98 Å². The zero-order valence-corrected chi connectivity index (χ0v) is 14.3. The van der Waals surface area contributed by atoms with E-state index in [0.717, 1.165) is 55.3 Å². The third-order valence-electron chi connectivity index (χ3n) is 4.66. The lowest BCUT2D eigenvalue weighted by Crippen LogP contribution is -2.34. The molecule has 4 rings (SSSR count). The Morgan fingerprint density at radius 2 is 2.04 bits per heavy atom. The summed E-state index contributed by atoms with van der Waals surface area (Å²) in [6.07, 6.45) is 14.9. The summed E-state index contributed by atoms with van der Waals surface area (Å²) in [5, 5.41) is 0. The van der Waals surface area contributed by atoms with Crippen molar-refractivity contribution in [3.05, 3.63) is 54.9 Å². The Labute approximate surface area is 146 Å². The molecule has 7 nitrogen and oxygen atoms in total. The van der Waals surface area contributed by atoms with Crippen molar-refractivity contribution in [3.8, 4) is 11.4 Å². The van der Waals surface area contributed by atoms with Gasteiger partial charge in [0.2, 0.25) is 0 Å². The quantitative estimate of drug-likeness (QED) is 0.726. The molecule has 0 amide bonds. The van der Waals surface area contributed by atoms with Gasteiger partial charge in [-0.3, -0.25) is 19.9 Å². The van der Waals surface area contributed by atoms with Gasteiger partial charge in [-0.2, -0.15) is 0 Å². The summed E-state index contributed by atoms with van der Waals surface area (Å²) in [6.45, 7) is 2.89. The summed E-state index contributed by atoms with van der Waals surface area (Å²) in [7, 11) is 1.97. The largest absolute Gasteiger partial charge is 0.332 e. The Morgan fingerprint density at radius 1 is 1.08 bits per heavy atom. The second-order valence-electron chi connectivity index (χ2n) is 6.49. The van der Waals surface area contributed by atoms with Crippen LogP contribution in [0.5, 0.6) is 0 Å². The highest BCUT2D eigenvalue weighted by atomic mass is 15.1. The molecule has 1 aliphatic rings. The number of hydrogen-bond donors (Lipinski definition) is 0. The van der Waals surface area contributed by atoms with Gasteiger partial charge < -0.3 is 4.57 Å². The number of nitrogens with zero attached hydrogens (tertiary/aromatic N) is 7. The van der Waals surface area contributed by atoms with Crippen molar-refractivity contribution >= 4 is 0 Å².